The highest BCUT2D eigenvalue weighted by Gasteiger charge is 2.42. The molecule has 1 aromatic carbocycles. The van der Waals surface area contributed by atoms with Crippen LogP contribution in [0.25, 0.3) is 16.9 Å². The maximum Gasteiger partial charge on any atom is 0.272 e. The summed E-state index contributed by atoms with van der Waals surface area (Å²) < 4.78 is 7.39. The van der Waals surface area contributed by atoms with Crippen molar-refractivity contribution in [3.63, 3.8) is 0 Å². The van der Waals surface area contributed by atoms with E-state index in [0.29, 0.717) is 29.2 Å². The summed E-state index contributed by atoms with van der Waals surface area (Å²) in [5.74, 6) is 0.442. The summed E-state index contributed by atoms with van der Waals surface area (Å²) in [6, 6.07) is 19.7. The van der Waals surface area contributed by atoms with Gasteiger partial charge < -0.3 is 14.0 Å². The molecule has 7 nitrogen and oxygen atoms in total. The van der Waals surface area contributed by atoms with Gasteiger partial charge in [-0.05, 0) is 43.2 Å². The number of ether oxygens (including phenoxy) is 1. The standard InChI is InChI=1S/C27H26ClN5O2/c1-35-25-7-4-5-22(29-25)27(34)33-16-20-12-13-21(33)15-31(20)17-23-26(18-8-10-19(28)11-9-18)30-24-6-2-3-14-32(23)24/h2-11,14,20-21H,12-13,15-17H2,1H3/t20?,21-/m1/s1. The van der Waals surface area contributed by atoms with Crippen LogP contribution in [-0.4, -0.2) is 62.4 Å². The largest absolute Gasteiger partial charge is 0.481 e. The Morgan fingerprint density at radius 1 is 1.00 bits per heavy atom. The van der Waals surface area contributed by atoms with Gasteiger partial charge in [-0.2, -0.15) is 0 Å². The van der Waals surface area contributed by atoms with Crippen molar-refractivity contribution < 1.29 is 9.53 Å². The van der Waals surface area contributed by atoms with E-state index < -0.39 is 0 Å². The minimum Gasteiger partial charge on any atom is -0.481 e. The third-order valence-corrected chi connectivity index (χ3v) is 7.41. The smallest absolute Gasteiger partial charge is 0.272 e. The maximum atomic E-state index is 13.3. The average molecular weight is 488 g/mol. The van der Waals surface area contributed by atoms with E-state index in [1.54, 1.807) is 19.2 Å². The first-order valence-corrected chi connectivity index (χ1v) is 12.3. The van der Waals surface area contributed by atoms with E-state index >= 15 is 0 Å². The van der Waals surface area contributed by atoms with Crippen molar-refractivity contribution in [2.75, 3.05) is 20.2 Å². The highest BCUT2D eigenvalue weighted by atomic mass is 35.5. The Hall–Kier alpha value is -3.42. The van der Waals surface area contributed by atoms with Gasteiger partial charge >= 0.3 is 0 Å². The zero-order valence-electron chi connectivity index (χ0n) is 19.5. The monoisotopic (exact) mass is 487 g/mol. The van der Waals surface area contributed by atoms with E-state index in [9.17, 15) is 4.79 Å². The number of piperidine rings is 2. The first-order chi connectivity index (χ1) is 17.1. The number of carbonyl (C=O) groups excluding carboxylic acids is 1. The number of hydrogen-bond acceptors (Lipinski definition) is 5. The molecular weight excluding hydrogens is 462 g/mol. The number of piperazine rings is 1. The van der Waals surface area contributed by atoms with Gasteiger partial charge in [0, 0.05) is 54.6 Å². The fourth-order valence-corrected chi connectivity index (χ4v) is 5.51. The molecule has 0 spiro atoms. The molecule has 0 radical (unpaired) electrons. The molecule has 3 fully saturated rings. The molecule has 1 unspecified atom stereocenters. The maximum absolute atomic E-state index is 13.3. The third-order valence-electron chi connectivity index (χ3n) is 7.16. The zero-order chi connectivity index (χ0) is 23.9. The van der Waals surface area contributed by atoms with Crippen molar-refractivity contribution in [1.82, 2.24) is 24.2 Å². The van der Waals surface area contributed by atoms with Gasteiger partial charge in [0.05, 0.1) is 18.5 Å². The Morgan fingerprint density at radius 3 is 2.60 bits per heavy atom. The SMILES string of the molecule is COc1cccc(C(=O)N2CC3CC[C@@H]2CN3Cc2c(-c3ccc(Cl)cc3)nc3ccccn23)n1. The van der Waals surface area contributed by atoms with Crippen molar-refractivity contribution in [3.8, 4) is 17.1 Å². The van der Waals surface area contributed by atoms with Crippen LogP contribution in [0.1, 0.15) is 29.0 Å². The molecule has 1 amide bonds. The predicted octanol–water partition coefficient (Wildman–Crippen LogP) is 4.55. The highest BCUT2D eigenvalue weighted by Crippen LogP contribution is 2.33. The van der Waals surface area contributed by atoms with E-state index in [1.807, 2.05) is 53.4 Å². The summed E-state index contributed by atoms with van der Waals surface area (Å²) in [4.78, 5) is 27.1. The fraction of sp³-hybridized carbons (Fsp3) is 0.296. The molecule has 3 aliphatic heterocycles. The molecule has 2 atom stereocenters. The summed E-state index contributed by atoms with van der Waals surface area (Å²) in [5.41, 5.74) is 4.55. The van der Waals surface area contributed by atoms with Crippen LogP contribution < -0.4 is 4.74 Å². The molecular formula is C27H26ClN5O2. The lowest BCUT2D eigenvalue weighted by Crippen LogP contribution is -2.63. The lowest BCUT2D eigenvalue weighted by atomic mass is 9.90. The summed E-state index contributed by atoms with van der Waals surface area (Å²) >= 11 is 6.14. The van der Waals surface area contributed by atoms with Crippen LogP contribution in [0.5, 0.6) is 5.88 Å². The van der Waals surface area contributed by atoms with Gasteiger partial charge in [0.1, 0.15) is 11.3 Å². The zero-order valence-corrected chi connectivity index (χ0v) is 20.2. The molecule has 178 valence electrons. The van der Waals surface area contributed by atoms with Crippen molar-refractivity contribution in [2.24, 2.45) is 0 Å². The van der Waals surface area contributed by atoms with Gasteiger partial charge in [-0.15, -0.1) is 0 Å². The Labute approximate surface area is 208 Å². The average Bonchev–Trinajstić information content (AvgIpc) is 3.27. The number of hydrogen-bond donors (Lipinski definition) is 0. The Bertz CT molecular complexity index is 1390. The number of pyridine rings is 2. The second-order valence-corrected chi connectivity index (χ2v) is 9.62. The summed E-state index contributed by atoms with van der Waals surface area (Å²) in [6.07, 6.45) is 4.16. The molecule has 3 aliphatic rings. The number of imidazole rings is 1. The van der Waals surface area contributed by atoms with Crippen LogP contribution >= 0.6 is 11.6 Å². The first-order valence-electron chi connectivity index (χ1n) is 11.9. The Kier molecular flexibility index (Phi) is 5.66. The van der Waals surface area contributed by atoms with Gasteiger partial charge in [-0.1, -0.05) is 35.9 Å². The van der Waals surface area contributed by atoms with E-state index in [1.165, 1.54) is 0 Å². The fourth-order valence-electron chi connectivity index (χ4n) is 5.38. The number of aromatic nitrogens is 3. The van der Waals surface area contributed by atoms with Gasteiger partial charge in [0.25, 0.3) is 5.91 Å². The van der Waals surface area contributed by atoms with Gasteiger partial charge in [-0.3, -0.25) is 9.69 Å². The van der Waals surface area contributed by atoms with Crippen molar-refractivity contribution in [1.29, 1.82) is 0 Å². The van der Waals surface area contributed by atoms with Crippen LogP contribution in [0.15, 0.2) is 66.9 Å². The lowest BCUT2D eigenvalue weighted by molar-refractivity contribution is -0.0162. The molecule has 8 heteroatoms. The van der Waals surface area contributed by atoms with Crippen LogP contribution in [-0.2, 0) is 6.54 Å². The summed E-state index contributed by atoms with van der Waals surface area (Å²) in [7, 11) is 1.57. The molecule has 2 bridgehead atoms. The molecule has 7 rings (SSSR count). The van der Waals surface area contributed by atoms with Crippen LogP contribution in [0, 0.1) is 0 Å². The lowest BCUT2D eigenvalue weighted by Gasteiger charge is -2.51. The Morgan fingerprint density at radius 2 is 1.83 bits per heavy atom. The summed E-state index contributed by atoms with van der Waals surface area (Å²) in [5, 5.41) is 0.711. The second-order valence-electron chi connectivity index (χ2n) is 9.18. The second kappa shape index (κ2) is 8.98. The molecule has 0 N–H and O–H groups in total. The molecule has 0 aliphatic carbocycles. The minimum atomic E-state index is -0.0186. The van der Waals surface area contributed by atoms with E-state index in [-0.39, 0.29) is 11.9 Å². The topological polar surface area (TPSA) is 63.0 Å². The van der Waals surface area contributed by atoms with Crippen LogP contribution in [0.2, 0.25) is 5.02 Å². The highest BCUT2D eigenvalue weighted by molar-refractivity contribution is 6.30. The third kappa shape index (κ3) is 4.05. The predicted molar refractivity (Wildman–Crippen MR) is 135 cm³/mol. The Balaban J connectivity index is 1.27. The van der Waals surface area contributed by atoms with Crippen LogP contribution in [0.4, 0.5) is 0 Å². The van der Waals surface area contributed by atoms with Crippen molar-refractivity contribution in [3.05, 3.63) is 83.3 Å². The number of halogens is 1. The van der Waals surface area contributed by atoms with Crippen molar-refractivity contribution >= 4 is 23.2 Å². The molecule has 3 saturated heterocycles. The van der Waals surface area contributed by atoms with Crippen molar-refractivity contribution in [2.45, 2.75) is 31.5 Å². The number of rotatable bonds is 5. The minimum absolute atomic E-state index is 0.0186. The number of carbonyl (C=O) groups is 1. The number of methoxy groups -OCH3 is 1. The van der Waals surface area contributed by atoms with E-state index in [2.05, 4.69) is 20.5 Å². The van der Waals surface area contributed by atoms with E-state index in [0.717, 1.165) is 48.5 Å². The first kappa shape index (κ1) is 22.1. The quantitative estimate of drug-likeness (QED) is 0.413. The molecule has 3 aromatic heterocycles. The van der Waals surface area contributed by atoms with Crippen LogP contribution in [0.3, 0.4) is 0 Å². The number of fused-ring (bicyclic) bond motifs is 4. The van der Waals surface area contributed by atoms with Gasteiger partial charge in [0.15, 0.2) is 0 Å². The van der Waals surface area contributed by atoms with Gasteiger partial charge in [0.2, 0.25) is 5.88 Å². The number of benzene rings is 1. The van der Waals surface area contributed by atoms with Gasteiger partial charge in [-0.25, -0.2) is 9.97 Å². The van der Waals surface area contributed by atoms with E-state index in [4.69, 9.17) is 21.3 Å². The molecule has 4 aromatic rings. The molecule has 6 heterocycles. The number of nitrogens with zero attached hydrogens (tertiary/aromatic N) is 5. The molecule has 0 saturated carbocycles. The summed E-state index contributed by atoms with van der Waals surface area (Å²) in [6.45, 7) is 2.31. The normalized spacial score (nSPS) is 19.9. The number of amides is 1. The molecule has 35 heavy (non-hydrogen) atoms.